The first-order valence-corrected chi connectivity index (χ1v) is 7.27. The van der Waals surface area contributed by atoms with Gasteiger partial charge in [-0.2, -0.15) is 0 Å². The van der Waals surface area contributed by atoms with Crippen LogP contribution in [0.4, 0.5) is 4.79 Å². The van der Waals surface area contributed by atoms with Gasteiger partial charge in [-0.1, -0.05) is 36.4 Å². The molecule has 6 nitrogen and oxygen atoms in total. The van der Waals surface area contributed by atoms with E-state index in [4.69, 9.17) is 9.47 Å². The number of hydrogen-bond donors (Lipinski definition) is 0. The normalized spacial score (nSPS) is 20.2. The molecule has 1 heterocycles. The number of carbonyl (C=O) groups is 3. The Bertz CT molecular complexity index is 598. The topological polar surface area (TPSA) is 72.9 Å². The molecular formula is C17H19NO5. The van der Waals surface area contributed by atoms with E-state index in [-0.39, 0.29) is 18.9 Å². The van der Waals surface area contributed by atoms with Gasteiger partial charge < -0.3 is 9.47 Å². The van der Waals surface area contributed by atoms with Gasteiger partial charge in [-0.3, -0.25) is 9.69 Å². The number of carbonyl (C=O) groups excluding carboxylic acids is 3. The number of amides is 1. The van der Waals surface area contributed by atoms with Gasteiger partial charge in [0.1, 0.15) is 12.6 Å². The van der Waals surface area contributed by atoms with Crippen LogP contribution in [0.2, 0.25) is 0 Å². The molecule has 0 spiro atoms. The Balaban J connectivity index is 2.09. The summed E-state index contributed by atoms with van der Waals surface area (Å²) < 4.78 is 9.94. The van der Waals surface area contributed by atoms with Crippen LogP contribution in [0.25, 0.3) is 0 Å². The lowest BCUT2D eigenvalue weighted by atomic mass is 9.96. The minimum Gasteiger partial charge on any atom is -0.467 e. The van der Waals surface area contributed by atoms with E-state index in [0.717, 1.165) is 10.5 Å². The molecule has 1 aromatic carbocycles. The second-order valence-corrected chi connectivity index (χ2v) is 5.23. The van der Waals surface area contributed by atoms with Crippen molar-refractivity contribution in [3.05, 3.63) is 48.6 Å². The van der Waals surface area contributed by atoms with Crippen molar-refractivity contribution in [1.29, 1.82) is 0 Å². The highest BCUT2D eigenvalue weighted by Crippen LogP contribution is 2.26. The molecule has 0 bridgehead atoms. The van der Waals surface area contributed by atoms with Crippen molar-refractivity contribution in [3.8, 4) is 0 Å². The van der Waals surface area contributed by atoms with Crippen molar-refractivity contribution in [2.45, 2.75) is 19.1 Å². The van der Waals surface area contributed by atoms with Crippen molar-refractivity contribution in [3.63, 3.8) is 0 Å². The Morgan fingerprint density at radius 1 is 1.35 bits per heavy atom. The average Bonchev–Trinajstić information content (AvgIpc) is 2.90. The van der Waals surface area contributed by atoms with Crippen LogP contribution in [0.5, 0.6) is 0 Å². The molecule has 1 aliphatic rings. The van der Waals surface area contributed by atoms with E-state index < -0.39 is 24.0 Å². The molecule has 1 saturated heterocycles. The van der Waals surface area contributed by atoms with Crippen molar-refractivity contribution in [2.75, 3.05) is 13.7 Å². The summed E-state index contributed by atoms with van der Waals surface area (Å²) in [6.45, 7) is 3.50. The Kier molecular flexibility index (Phi) is 5.51. The van der Waals surface area contributed by atoms with Crippen LogP contribution in [0, 0.1) is 5.92 Å². The highest BCUT2D eigenvalue weighted by atomic mass is 16.6. The Morgan fingerprint density at radius 2 is 2.04 bits per heavy atom. The maximum Gasteiger partial charge on any atom is 0.411 e. The highest BCUT2D eigenvalue weighted by Gasteiger charge is 2.48. The SMILES string of the molecule is C=CCC1C(=O)CN(C(=O)OCc2ccccc2)C1C(=O)OC. The van der Waals surface area contributed by atoms with Gasteiger partial charge in [0.05, 0.1) is 19.6 Å². The first-order chi connectivity index (χ1) is 11.1. The van der Waals surface area contributed by atoms with Gasteiger partial charge in [-0.15, -0.1) is 6.58 Å². The molecule has 1 aromatic rings. The lowest BCUT2D eigenvalue weighted by Gasteiger charge is -2.23. The first-order valence-electron chi connectivity index (χ1n) is 7.27. The lowest BCUT2D eigenvalue weighted by Crippen LogP contribution is -2.44. The number of nitrogens with zero attached hydrogens (tertiary/aromatic N) is 1. The van der Waals surface area contributed by atoms with Crippen molar-refractivity contribution < 1.29 is 23.9 Å². The number of esters is 1. The van der Waals surface area contributed by atoms with Gasteiger partial charge in [0, 0.05) is 0 Å². The predicted molar refractivity (Wildman–Crippen MR) is 82.4 cm³/mol. The molecule has 2 rings (SSSR count). The van der Waals surface area contributed by atoms with Gasteiger partial charge in [0.15, 0.2) is 5.78 Å². The smallest absolute Gasteiger partial charge is 0.411 e. The quantitative estimate of drug-likeness (QED) is 0.613. The molecule has 23 heavy (non-hydrogen) atoms. The van der Waals surface area contributed by atoms with E-state index in [1.54, 1.807) is 6.08 Å². The summed E-state index contributed by atoms with van der Waals surface area (Å²) in [7, 11) is 1.23. The summed E-state index contributed by atoms with van der Waals surface area (Å²) in [5, 5.41) is 0. The van der Waals surface area contributed by atoms with Crippen LogP contribution in [0.3, 0.4) is 0 Å². The van der Waals surface area contributed by atoms with E-state index in [2.05, 4.69) is 6.58 Å². The van der Waals surface area contributed by atoms with Crippen molar-refractivity contribution >= 4 is 17.8 Å². The summed E-state index contributed by atoms with van der Waals surface area (Å²) in [4.78, 5) is 37.4. The second kappa shape index (κ2) is 7.58. The number of ether oxygens (including phenoxy) is 2. The zero-order valence-corrected chi connectivity index (χ0v) is 12.9. The molecule has 0 aliphatic carbocycles. The molecule has 122 valence electrons. The fraction of sp³-hybridized carbons (Fsp3) is 0.353. The summed E-state index contributed by atoms with van der Waals surface area (Å²) in [6, 6.07) is 8.20. The molecule has 1 amide bonds. The summed E-state index contributed by atoms with van der Waals surface area (Å²) >= 11 is 0. The molecule has 1 fully saturated rings. The summed E-state index contributed by atoms with van der Waals surface area (Å²) in [5.74, 6) is -1.46. The molecule has 0 saturated carbocycles. The summed E-state index contributed by atoms with van der Waals surface area (Å²) in [6.07, 6.45) is 1.16. The van der Waals surface area contributed by atoms with Crippen molar-refractivity contribution in [2.24, 2.45) is 5.92 Å². The minimum atomic E-state index is -0.964. The predicted octanol–water partition coefficient (Wildman–Crippen LogP) is 1.94. The van der Waals surface area contributed by atoms with Crippen LogP contribution in [-0.2, 0) is 25.7 Å². The minimum absolute atomic E-state index is 0.0738. The maximum absolute atomic E-state index is 12.3. The van der Waals surface area contributed by atoms with Gasteiger partial charge in [0.25, 0.3) is 0 Å². The summed E-state index contributed by atoms with van der Waals surface area (Å²) in [5.41, 5.74) is 0.823. The number of Topliss-reactive ketones (excluding diaryl/α,β-unsaturated/α-hetero) is 1. The number of hydrogen-bond acceptors (Lipinski definition) is 5. The van der Waals surface area contributed by atoms with Crippen LogP contribution >= 0.6 is 0 Å². The van der Waals surface area contributed by atoms with E-state index in [9.17, 15) is 14.4 Å². The molecule has 1 aliphatic heterocycles. The molecule has 0 radical (unpaired) electrons. The molecule has 2 atom stereocenters. The zero-order chi connectivity index (χ0) is 16.8. The second-order valence-electron chi connectivity index (χ2n) is 5.23. The number of rotatable bonds is 5. The third-order valence-corrected chi connectivity index (χ3v) is 3.76. The molecular weight excluding hydrogens is 298 g/mol. The van der Waals surface area contributed by atoms with E-state index in [1.807, 2.05) is 30.3 Å². The lowest BCUT2D eigenvalue weighted by molar-refractivity contribution is -0.147. The fourth-order valence-electron chi connectivity index (χ4n) is 2.61. The molecule has 0 aromatic heterocycles. The zero-order valence-electron chi connectivity index (χ0n) is 12.9. The van der Waals surface area contributed by atoms with Crippen LogP contribution < -0.4 is 0 Å². The van der Waals surface area contributed by atoms with Crippen LogP contribution in [-0.4, -0.2) is 42.4 Å². The molecule has 0 N–H and O–H groups in total. The number of benzene rings is 1. The van der Waals surface area contributed by atoms with E-state index in [0.29, 0.717) is 6.42 Å². The van der Waals surface area contributed by atoms with Gasteiger partial charge >= 0.3 is 12.1 Å². The molecule has 6 heteroatoms. The van der Waals surface area contributed by atoms with Crippen LogP contribution in [0.1, 0.15) is 12.0 Å². The van der Waals surface area contributed by atoms with E-state index >= 15 is 0 Å². The van der Waals surface area contributed by atoms with E-state index in [1.165, 1.54) is 7.11 Å². The largest absolute Gasteiger partial charge is 0.467 e. The van der Waals surface area contributed by atoms with Crippen LogP contribution in [0.15, 0.2) is 43.0 Å². The third-order valence-electron chi connectivity index (χ3n) is 3.76. The van der Waals surface area contributed by atoms with Crippen molar-refractivity contribution in [1.82, 2.24) is 4.90 Å². The Morgan fingerprint density at radius 3 is 2.65 bits per heavy atom. The standard InChI is InChI=1S/C17H19NO5/c1-3-7-13-14(19)10-18(15(13)16(20)22-2)17(21)23-11-12-8-5-4-6-9-12/h3-6,8-9,13,15H,1,7,10-11H2,2H3. The Hall–Kier alpha value is -2.63. The first kappa shape index (κ1) is 16.7. The number of allylic oxidation sites excluding steroid dienone is 1. The monoisotopic (exact) mass is 317 g/mol. The number of ketones is 1. The fourth-order valence-corrected chi connectivity index (χ4v) is 2.61. The third kappa shape index (κ3) is 3.77. The number of likely N-dealkylation sites (tertiary alicyclic amines) is 1. The van der Waals surface area contributed by atoms with Gasteiger partial charge in [-0.25, -0.2) is 9.59 Å². The Labute approximate surface area is 134 Å². The number of methoxy groups -OCH3 is 1. The maximum atomic E-state index is 12.3. The average molecular weight is 317 g/mol. The highest BCUT2D eigenvalue weighted by molar-refractivity contribution is 5.97. The van der Waals surface area contributed by atoms with Gasteiger partial charge in [0.2, 0.25) is 0 Å². The van der Waals surface area contributed by atoms with Gasteiger partial charge in [-0.05, 0) is 12.0 Å². The molecule has 2 unspecified atom stereocenters.